The number of hydrogen-bond acceptors (Lipinski definition) is 4. The zero-order chi connectivity index (χ0) is 17.7. The highest BCUT2D eigenvalue weighted by atomic mass is 16.5. The van der Waals surface area contributed by atoms with Crippen molar-refractivity contribution in [1.29, 1.82) is 0 Å². The molecule has 2 saturated heterocycles. The van der Waals surface area contributed by atoms with E-state index in [0.29, 0.717) is 32.7 Å². The number of terminal acetylenes is 1. The molecule has 0 bridgehead atoms. The van der Waals surface area contributed by atoms with Gasteiger partial charge in [-0.1, -0.05) is 19.8 Å². The molecule has 5 heteroatoms. The molecule has 0 aromatic heterocycles. The summed E-state index contributed by atoms with van der Waals surface area (Å²) in [7, 11) is 0. The second-order valence-corrected chi connectivity index (χ2v) is 7.30. The number of hydrogen-bond donors (Lipinski definition) is 0. The van der Waals surface area contributed by atoms with Crippen LogP contribution in [0.3, 0.4) is 0 Å². The summed E-state index contributed by atoms with van der Waals surface area (Å²) in [5.41, 5.74) is -0.546. The minimum Gasteiger partial charge on any atom is -0.466 e. The van der Waals surface area contributed by atoms with Gasteiger partial charge in [0.05, 0.1) is 18.6 Å². The van der Waals surface area contributed by atoms with Crippen molar-refractivity contribution < 1.29 is 14.3 Å². The highest BCUT2D eigenvalue weighted by molar-refractivity contribution is 5.83. The SMILES string of the molecule is C#CCN1CCC(C(=O)N2CCC(C(=O)OCC)(C(C)C)C2)CC1. The Labute approximate surface area is 145 Å². The minimum absolute atomic E-state index is 0.0594. The fraction of sp³-hybridized carbons (Fsp3) is 0.789. The van der Waals surface area contributed by atoms with Gasteiger partial charge in [-0.2, -0.15) is 0 Å². The largest absolute Gasteiger partial charge is 0.466 e. The van der Waals surface area contributed by atoms with Crippen LogP contribution >= 0.6 is 0 Å². The van der Waals surface area contributed by atoms with Crippen LogP contribution in [0.5, 0.6) is 0 Å². The summed E-state index contributed by atoms with van der Waals surface area (Å²) in [6, 6.07) is 0. The second-order valence-electron chi connectivity index (χ2n) is 7.30. The van der Waals surface area contributed by atoms with E-state index in [1.165, 1.54) is 0 Å². The van der Waals surface area contributed by atoms with Gasteiger partial charge in [-0.25, -0.2) is 0 Å². The summed E-state index contributed by atoms with van der Waals surface area (Å²) in [5.74, 6) is 2.92. The number of nitrogens with zero attached hydrogens (tertiary/aromatic N) is 2. The van der Waals surface area contributed by atoms with E-state index in [2.05, 4.69) is 10.8 Å². The molecule has 0 spiro atoms. The molecular weight excluding hydrogens is 304 g/mol. The van der Waals surface area contributed by atoms with Crippen LogP contribution in [0.15, 0.2) is 0 Å². The second kappa shape index (κ2) is 8.02. The third-order valence-electron chi connectivity index (χ3n) is 5.65. The maximum atomic E-state index is 12.9. The van der Waals surface area contributed by atoms with Crippen molar-refractivity contribution in [2.45, 2.75) is 40.0 Å². The van der Waals surface area contributed by atoms with E-state index in [9.17, 15) is 9.59 Å². The molecule has 2 aliphatic rings. The van der Waals surface area contributed by atoms with Gasteiger partial charge in [-0.3, -0.25) is 14.5 Å². The van der Waals surface area contributed by atoms with Crippen molar-refractivity contribution >= 4 is 11.9 Å². The molecule has 1 atom stereocenters. The highest BCUT2D eigenvalue weighted by Crippen LogP contribution is 2.40. The van der Waals surface area contributed by atoms with Gasteiger partial charge in [0.25, 0.3) is 0 Å². The predicted molar refractivity (Wildman–Crippen MR) is 93.1 cm³/mol. The fourth-order valence-corrected chi connectivity index (χ4v) is 3.89. The first-order chi connectivity index (χ1) is 11.4. The molecule has 2 fully saturated rings. The topological polar surface area (TPSA) is 49.9 Å². The first-order valence-corrected chi connectivity index (χ1v) is 9.06. The number of carbonyl (C=O) groups excluding carboxylic acids is 2. The van der Waals surface area contributed by atoms with Crippen molar-refractivity contribution in [2.24, 2.45) is 17.3 Å². The Morgan fingerprint density at radius 1 is 1.29 bits per heavy atom. The molecule has 0 radical (unpaired) electrons. The summed E-state index contributed by atoms with van der Waals surface area (Å²) in [6.45, 7) is 9.86. The molecule has 2 aliphatic heterocycles. The Hall–Kier alpha value is -1.54. The van der Waals surface area contributed by atoms with E-state index in [4.69, 9.17) is 11.2 Å². The number of rotatable bonds is 5. The predicted octanol–water partition coefficient (Wildman–Crippen LogP) is 1.77. The zero-order valence-electron chi connectivity index (χ0n) is 15.2. The van der Waals surface area contributed by atoms with E-state index in [0.717, 1.165) is 25.9 Å². The van der Waals surface area contributed by atoms with Crippen molar-refractivity contribution in [3.05, 3.63) is 0 Å². The van der Waals surface area contributed by atoms with Gasteiger partial charge in [0.2, 0.25) is 5.91 Å². The summed E-state index contributed by atoms with van der Waals surface area (Å²) in [5, 5.41) is 0. The lowest BCUT2D eigenvalue weighted by atomic mass is 9.76. The van der Waals surface area contributed by atoms with Gasteiger partial charge in [0.15, 0.2) is 0 Å². The highest BCUT2D eigenvalue weighted by Gasteiger charge is 2.50. The minimum atomic E-state index is -0.546. The molecule has 0 N–H and O–H groups in total. The number of esters is 1. The summed E-state index contributed by atoms with van der Waals surface area (Å²) >= 11 is 0. The number of carbonyl (C=O) groups is 2. The van der Waals surface area contributed by atoms with Crippen LogP contribution in [-0.2, 0) is 14.3 Å². The maximum absolute atomic E-state index is 12.9. The van der Waals surface area contributed by atoms with Crippen LogP contribution in [0.4, 0.5) is 0 Å². The Bertz CT molecular complexity index is 503. The van der Waals surface area contributed by atoms with Crippen LogP contribution in [0.2, 0.25) is 0 Å². The van der Waals surface area contributed by atoms with Gasteiger partial charge in [-0.15, -0.1) is 6.42 Å². The number of piperidine rings is 1. The molecule has 5 nitrogen and oxygen atoms in total. The average Bonchev–Trinajstić information content (AvgIpc) is 3.02. The van der Waals surface area contributed by atoms with Gasteiger partial charge in [-0.05, 0) is 45.2 Å². The summed E-state index contributed by atoms with van der Waals surface area (Å²) in [6.07, 6.45) is 7.76. The van der Waals surface area contributed by atoms with Gasteiger partial charge >= 0.3 is 5.97 Å². The van der Waals surface area contributed by atoms with E-state index < -0.39 is 5.41 Å². The lowest BCUT2D eigenvalue weighted by Gasteiger charge is -2.34. The van der Waals surface area contributed by atoms with Crippen molar-refractivity contribution in [1.82, 2.24) is 9.80 Å². The molecule has 0 saturated carbocycles. The standard InChI is InChI=1S/C19H30N2O3/c1-5-10-20-11-7-16(8-12-20)17(22)21-13-9-19(14-21,15(3)4)18(23)24-6-2/h1,15-16H,6-14H2,2-4H3. The number of likely N-dealkylation sites (tertiary alicyclic amines) is 2. The summed E-state index contributed by atoms with van der Waals surface area (Å²) in [4.78, 5) is 29.5. The van der Waals surface area contributed by atoms with E-state index in [1.807, 2.05) is 25.7 Å². The van der Waals surface area contributed by atoms with E-state index in [1.54, 1.807) is 0 Å². The maximum Gasteiger partial charge on any atom is 0.314 e. The molecule has 1 amide bonds. The van der Waals surface area contributed by atoms with Crippen LogP contribution in [0.1, 0.15) is 40.0 Å². The molecule has 0 aromatic rings. The molecule has 1 unspecified atom stereocenters. The van der Waals surface area contributed by atoms with Crippen molar-refractivity contribution in [2.75, 3.05) is 39.3 Å². The van der Waals surface area contributed by atoms with Crippen LogP contribution in [-0.4, -0.2) is 61.0 Å². The normalized spacial score (nSPS) is 25.7. The zero-order valence-corrected chi connectivity index (χ0v) is 15.2. The average molecular weight is 334 g/mol. The van der Waals surface area contributed by atoms with Gasteiger partial charge < -0.3 is 9.64 Å². The summed E-state index contributed by atoms with van der Waals surface area (Å²) < 4.78 is 5.30. The molecule has 0 aromatic carbocycles. The number of ether oxygens (including phenoxy) is 1. The monoisotopic (exact) mass is 334 g/mol. The molecule has 134 valence electrons. The Kier molecular flexibility index (Phi) is 6.28. The smallest absolute Gasteiger partial charge is 0.314 e. The molecule has 2 heterocycles. The van der Waals surface area contributed by atoms with E-state index in [-0.39, 0.29) is 23.7 Å². The lowest BCUT2D eigenvalue weighted by molar-refractivity contribution is -0.158. The quantitative estimate of drug-likeness (QED) is 0.568. The third-order valence-corrected chi connectivity index (χ3v) is 5.65. The molecular formula is C19H30N2O3. The first kappa shape index (κ1) is 18.8. The van der Waals surface area contributed by atoms with Crippen molar-refractivity contribution in [3.63, 3.8) is 0 Å². The molecule has 24 heavy (non-hydrogen) atoms. The first-order valence-electron chi connectivity index (χ1n) is 9.06. The lowest BCUT2D eigenvalue weighted by Crippen LogP contribution is -2.45. The molecule has 0 aliphatic carbocycles. The van der Waals surface area contributed by atoms with Crippen LogP contribution < -0.4 is 0 Å². The van der Waals surface area contributed by atoms with Gasteiger partial charge in [0, 0.05) is 19.0 Å². The van der Waals surface area contributed by atoms with Gasteiger partial charge in [0.1, 0.15) is 0 Å². The van der Waals surface area contributed by atoms with Crippen molar-refractivity contribution in [3.8, 4) is 12.3 Å². The fourth-order valence-electron chi connectivity index (χ4n) is 3.89. The molecule has 2 rings (SSSR count). The Balaban J connectivity index is 1.98. The van der Waals surface area contributed by atoms with Crippen LogP contribution in [0, 0.1) is 29.6 Å². The van der Waals surface area contributed by atoms with Crippen LogP contribution in [0.25, 0.3) is 0 Å². The Morgan fingerprint density at radius 2 is 1.96 bits per heavy atom. The van der Waals surface area contributed by atoms with E-state index >= 15 is 0 Å². The third kappa shape index (κ3) is 3.75. The Morgan fingerprint density at radius 3 is 2.50 bits per heavy atom. The number of amides is 1.